The van der Waals surface area contributed by atoms with Crippen LogP contribution in [0.5, 0.6) is 11.6 Å². The summed E-state index contributed by atoms with van der Waals surface area (Å²) in [6.45, 7) is 0.493. The van der Waals surface area contributed by atoms with E-state index in [4.69, 9.17) is 15.2 Å². The maximum atomic E-state index is 5.61. The molecular formula is C13H14N2O2. The Morgan fingerprint density at radius 2 is 1.94 bits per heavy atom. The van der Waals surface area contributed by atoms with E-state index in [0.29, 0.717) is 12.5 Å². The smallest absolute Gasteiger partial charge is 0.216 e. The van der Waals surface area contributed by atoms with Crippen molar-refractivity contribution in [3.8, 4) is 11.6 Å². The maximum absolute atomic E-state index is 5.61. The van der Waals surface area contributed by atoms with Crippen molar-refractivity contribution in [1.29, 1.82) is 0 Å². The highest BCUT2D eigenvalue weighted by Crippen LogP contribution is 2.17. The van der Waals surface area contributed by atoms with Gasteiger partial charge in [-0.25, -0.2) is 4.98 Å². The molecular weight excluding hydrogens is 216 g/mol. The summed E-state index contributed by atoms with van der Waals surface area (Å²) >= 11 is 0. The number of ether oxygens (including phenoxy) is 2. The number of methoxy groups -OCH3 is 1. The summed E-state index contributed by atoms with van der Waals surface area (Å²) in [4.78, 5) is 4.01. The number of nitrogens with zero attached hydrogens (tertiary/aromatic N) is 1. The van der Waals surface area contributed by atoms with Crippen molar-refractivity contribution in [1.82, 2.24) is 4.98 Å². The first-order valence-corrected chi connectivity index (χ1v) is 5.25. The number of nitrogen functional groups attached to an aromatic ring is 1. The maximum Gasteiger partial charge on any atom is 0.216 e. The molecule has 0 radical (unpaired) electrons. The van der Waals surface area contributed by atoms with Crippen LogP contribution in [0.25, 0.3) is 0 Å². The molecule has 0 aliphatic rings. The van der Waals surface area contributed by atoms with Crippen LogP contribution in [-0.2, 0) is 6.61 Å². The molecule has 88 valence electrons. The molecule has 17 heavy (non-hydrogen) atoms. The van der Waals surface area contributed by atoms with E-state index in [-0.39, 0.29) is 0 Å². The predicted octanol–water partition coefficient (Wildman–Crippen LogP) is 2.25. The average Bonchev–Trinajstić information content (AvgIpc) is 2.38. The summed E-state index contributed by atoms with van der Waals surface area (Å²) in [5.74, 6) is 1.27. The molecule has 0 amide bonds. The zero-order valence-electron chi connectivity index (χ0n) is 9.59. The van der Waals surface area contributed by atoms with Crippen LogP contribution in [0.4, 0.5) is 5.69 Å². The minimum absolute atomic E-state index is 0.493. The van der Waals surface area contributed by atoms with E-state index < -0.39 is 0 Å². The number of pyridine rings is 1. The Morgan fingerprint density at radius 3 is 2.65 bits per heavy atom. The van der Waals surface area contributed by atoms with Crippen LogP contribution < -0.4 is 15.2 Å². The van der Waals surface area contributed by atoms with Gasteiger partial charge in [0.1, 0.15) is 12.4 Å². The van der Waals surface area contributed by atoms with E-state index in [2.05, 4.69) is 4.98 Å². The van der Waals surface area contributed by atoms with E-state index >= 15 is 0 Å². The summed E-state index contributed by atoms with van der Waals surface area (Å²) in [6, 6.07) is 11.1. The molecule has 2 aromatic rings. The largest absolute Gasteiger partial charge is 0.489 e. The fraction of sp³-hybridized carbons (Fsp3) is 0.154. The van der Waals surface area contributed by atoms with Gasteiger partial charge < -0.3 is 15.2 Å². The molecule has 0 atom stereocenters. The minimum atomic E-state index is 0.493. The molecule has 4 nitrogen and oxygen atoms in total. The third-order valence-electron chi connectivity index (χ3n) is 2.30. The van der Waals surface area contributed by atoms with Gasteiger partial charge in [0.2, 0.25) is 5.88 Å². The molecule has 1 aromatic carbocycles. The van der Waals surface area contributed by atoms with Gasteiger partial charge in [0.25, 0.3) is 0 Å². The summed E-state index contributed by atoms with van der Waals surface area (Å²) in [6.07, 6.45) is 1.65. The highest BCUT2D eigenvalue weighted by molar-refractivity contribution is 5.39. The molecule has 4 heteroatoms. The van der Waals surface area contributed by atoms with Crippen LogP contribution in [0.1, 0.15) is 5.56 Å². The lowest BCUT2D eigenvalue weighted by Crippen LogP contribution is -1.96. The van der Waals surface area contributed by atoms with Crippen molar-refractivity contribution < 1.29 is 9.47 Å². The van der Waals surface area contributed by atoms with Gasteiger partial charge in [-0.15, -0.1) is 0 Å². The molecule has 1 heterocycles. The second-order valence-corrected chi connectivity index (χ2v) is 3.56. The van der Waals surface area contributed by atoms with Crippen LogP contribution in [0.2, 0.25) is 0 Å². The molecule has 0 aliphatic carbocycles. The molecule has 2 rings (SSSR count). The van der Waals surface area contributed by atoms with E-state index in [1.54, 1.807) is 25.4 Å². The summed E-state index contributed by atoms with van der Waals surface area (Å²) in [7, 11) is 1.58. The number of anilines is 1. The van der Waals surface area contributed by atoms with Gasteiger partial charge in [0.05, 0.1) is 7.11 Å². The SMILES string of the molecule is COc1cc(OCc2ccc(N)cc2)ccn1. The summed E-state index contributed by atoms with van der Waals surface area (Å²) in [5.41, 5.74) is 7.42. The number of benzene rings is 1. The van der Waals surface area contributed by atoms with Crippen LogP contribution >= 0.6 is 0 Å². The van der Waals surface area contributed by atoms with Crippen molar-refractivity contribution in [2.24, 2.45) is 0 Å². The molecule has 2 N–H and O–H groups in total. The predicted molar refractivity (Wildman–Crippen MR) is 66.0 cm³/mol. The highest BCUT2D eigenvalue weighted by atomic mass is 16.5. The molecule has 0 saturated carbocycles. The normalized spacial score (nSPS) is 9.94. The molecule has 0 fully saturated rings. The Labute approximate surface area is 100 Å². The first-order valence-electron chi connectivity index (χ1n) is 5.25. The number of aromatic nitrogens is 1. The molecule has 0 bridgehead atoms. The van der Waals surface area contributed by atoms with E-state index in [1.807, 2.05) is 24.3 Å². The number of hydrogen-bond acceptors (Lipinski definition) is 4. The minimum Gasteiger partial charge on any atom is -0.489 e. The number of hydrogen-bond donors (Lipinski definition) is 1. The Balaban J connectivity index is 1.99. The van der Waals surface area contributed by atoms with Crippen LogP contribution in [0.15, 0.2) is 42.6 Å². The number of rotatable bonds is 4. The fourth-order valence-electron chi connectivity index (χ4n) is 1.37. The van der Waals surface area contributed by atoms with E-state index in [1.165, 1.54) is 0 Å². The van der Waals surface area contributed by atoms with Gasteiger partial charge in [0, 0.05) is 18.0 Å². The Morgan fingerprint density at radius 1 is 1.18 bits per heavy atom. The van der Waals surface area contributed by atoms with Crippen molar-refractivity contribution in [2.75, 3.05) is 12.8 Å². The third-order valence-corrected chi connectivity index (χ3v) is 2.30. The van der Waals surface area contributed by atoms with Gasteiger partial charge in [-0.05, 0) is 23.8 Å². The molecule has 0 saturated heterocycles. The van der Waals surface area contributed by atoms with Crippen molar-refractivity contribution >= 4 is 5.69 Å². The highest BCUT2D eigenvalue weighted by Gasteiger charge is 1.98. The summed E-state index contributed by atoms with van der Waals surface area (Å²) in [5, 5.41) is 0. The Kier molecular flexibility index (Phi) is 3.45. The monoisotopic (exact) mass is 230 g/mol. The Bertz CT molecular complexity index is 483. The Hall–Kier alpha value is -2.23. The van der Waals surface area contributed by atoms with Crippen molar-refractivity contribution in [2.45, 2.75) is 6.61 Å². The molecule has 1 aromatic heterocycles. The van der Waals surface area contributed by atoms with Crippen molar-refractivity contribution in [3.63, 3.8) is 0 Å². The zero-order chi connectivity index (χ0) is 12.1. The van der Waals surface area contributed by atoms with Gasteiger partial charge in [-0.1, -0.05) is 12.1 Å². The van der Waals surface area contributed by atoms with Crippen LogP contribution in [-0.4, -0.2) is 12.1 Å². The quantitative estimate of drug-likeness (QED) is 0.818. The van der Waals surface area contributed by atoms with Gasteiger partial charge >= 0.3 is 0 Å². The van der Waals surface area contributed by atoms with Gasteiger partial charge in [-0.2, -0.15) is 0 Å². The second-order valence-electron chi connectivity index (χ2n) is 3.56. The fourth-order valence-corrected chi connectivity index (χ4v) is 1.37. The van der Waals surface area contributed by atoms with Crippen LogP contribution in [0, 0.1) is 0 Å². The lowest BCUT2D eigenvalue weighted by Gasteiger charge is -2.07. The lowest BCUT2D eigenvalue weighted by molar-refractivity contribution is 0.302. The molecule has 0 unspecified atom stereocenters. The first-order chi connectivity index (χ1) is 8.28. The van der Waals surface area contributed by atoms with Gasteiger partial charge in [0.15, 0.2) is 0 Å². The molecule has 0 aliphatic heterocycles. The molecule has 0 spiro atoms. The second kappa shape index (κ2) is 5.21. The third kappa shape index (κ3) is 3.11. The van der Waals surface area contributed by atoms with Crippen molar-refractivity contribution in [3.05, 3.63) is 48.2 Å². The van der Waals surface area contributed by atoms with Crippen LogP contribution in [0.3, 0.4) is 0 Å². The summed E-state index contributed by atoms with van der Waals surface area (Å²) < 4.78 is 10.6. The van der Waals surface area contributed by atoms with Gasteiger partial charge in [-0.3, -0.25) is 0 Å². The first kappa shape index (κ1) is 11.3. The average molecular weight is 230 g/mol. The zero-order valence-corrected chi connectivity index (χ0v) is 9.59. The standard InChI is InChI=1S/C13H14N2O2/c1-16-13-8-12(6-7-15-13)17-9-10-2-4-11(14)5-3-10/h2-8H,9,14H2,1H3. The number of nitrogens with two attached hydrogens (primary N) is 1. The topological polar surface area (TPSA) is 57.4 Å². The lowest BCUT2D eigenvalue weighted by atomic mass is 10.2. The van der Waals surface area contributed by atoms with E-state index in [0.717, 1.165) is 17.0 Å². The van der Waals surface area contributed by atoms with E-state index in [9.17, 15) is 0 Å².